The maximum absolute atomic E-state index is 12.7. The zero-order valence-electron chi connectivity index (χ0n) is 16.8. The van der Waals surface area contributed by atoms with E-state index in [2.05, 4.69) is 48.5 Å². The van der Waals surface area contributed by atoms with E-state index in [0.29, 0.717) is 13.1 Å². The normalized spacial score (nSPS) is 29.2. The highest BCUT2D eigenvalue weighted by Gasteiger charge is 2.58. The Balaban J connectivity index is 0.00000261. The highest BCUT2D eigenvalue weighted by atomic mass is 127. The topological polar surface area (TPSA) is 73.8 Å². The molecule has 0 radical (unpaired) electrons. The summed E-state index contributed by atoms with van der Waals surface area (Å²) in [5, 5.41) is 6.48. The first kappa shape index (κ1) is 22.2. The van der Waals surface area contributed by atoms with Crippen LogP contribution < -0.4 is 10.6 Å². The van der Waals surface area contributed by atoms with Crippen LogP contribution in [0.1, 0.15) is 40.5 Å². The van der Waals surface area contributed by atoms with Crippen molar-refractivity contribution in [3.8, 4) is 0 Å². The van der Waals surface area contributed by atoms with E-state index in [9.17, 15) is 9.59 Å². The van der Waals surface area contributed by atoms with Gasteiger partial charge in [-0.25, -0.2) is 0 Å². The molecular formula is C20H33IN4O2. The zero-order chi connectivity index (χ0) is 18.9. The second kappa shape index (κ2) is 8.92. The first-order chi connectivity index (χ1) is 12.3. The van der Waals surface area contributed by atoms with Gasteiger partial charge >= 0.3 is 0 Å². The predicted octanol–water partition coefficient (Wildman–Crippen LogP) is 2.40. The number of guanidine groups is 1. The molecule has 2 bridgehead atoms. The lowest BCUT2D eigenvalue weighted by molar-refractivity contribution is -0.140. The van der Waals surface area contributed by atoms with Crippen LogP contribution in [0, 0.1) is 29.1 Å². The van der Waals surface area contributed by atoms with Crippen molar-refractivity contribution in [1.29, 1.82) is 0 Å². The van der Waals surface area contributed by atoms with Gasteiger partial charge < -0.3 is 10.6 Å². The van der Waals surface area contributed by atoms with Crippen LogP contribution in [0.3, 0.4) is 0 Å². The first-order valence-corrected chi connectivity index (χ1v) is 9.87. The third kappa shape index (κ3) is 4.84. The maximum atomic E-state index is 12.7. The third-order valence-electron chi connectivity index (χ3n) is 5.67. The lowest BCUT2D eigenvalue weighted by Gasteiger charge is -2.19. The number of carbonyl (C=O) groups is 2. The molecule has 0 aromatic carbocycles. The van der Waals surface area contributed by atoms with E-state index in [1.165, 1.54) is 4.90 Å². The van der Waals surface area contributed by atoms with Crippen molar-refractivity contribution in [3.05, 3.63) is 12.2 Å². The Morgan fingerprint density at radius 1 is 1.15 bits per heavy atom. The standard InChI is InChI=1S/C20H32N4O2.HI/c1-5-21-19(22-9-8-20(2,3)4)23-10-11-24-17(25)15-13-6-7-14(12-13)16(15)18(24)26;/h6-7,13-16H,5,8-12H2,1-4H3,(H2,21,22,23);1H. The molecule has 6 nitrogen and oxygen atoms in total. The van der Waals surface area contributed by atoms with E-state index in [1.807, 2.05) is 6.92 Å². The fourth-order valence-corrected chi connectivity index (χ4v) is 4.32. The molecule has 4 unspecified atom stereocenters. The molecule has 3 rings (SSSR count). The van der Waals surface area contributed by atoms with E-state index in [4.69, 9.17) is 0 Å². The summed E-state index contributed by atoms with van der Waals surface area (Å²) in [6.45, 7) is 11.1. The average molecular weight is 488 g/mol. The zero-order valence-corrected chi connectivity index (χ0v) is 19.2. The van der Waals surface area contributed by atoms with E-state index >= 15 is 0 Å². The molecule has 0 aromatic rings. The number of halogens is 1. The third-order valence-corrected chi connectivity index (χ3v) is 5.67. The van der Waals surface area contributed by atoms with E-state index in [0.717, 1.165) is 31.9 Å². The molecule has 2 fully saturated rings. The van der Waals surface area contributed by atoms with Crippen LogP contribution >= 0.6 is 24.0 Å². The number of hydrogen-bond acceptors (Lipinski definition) is 3. The summed E-state index contributed by atoms with van der Waals surface area (Å²) < 4.78 is 0. The van der Waals surface area contributed by atoms with Gasteiger partial charge in [0.25, 0.3) is 0 Å². The van der Waals surface area contributed by atoms with Crippen LogP contribution in [0.4, 0.5) is 0 Å². The van der Waals surface area contributed by atoms with Crippen LogP contribution in [0.25, 0.3) is 0 Å². The lowest BCUT2D eigenvalue weighted by Crippen LogP contribution is -2.43. The lowest BCUT2D eigenvalue weighted by atomic mass is 9.85. The summed E-state index contributed by atoms with van der Waals surface area (Å²) in [6, 6.07) is 0. The number of hydrogen-bond donors (Lipinski definition) is 2. The molecule has 1 heterocycles. The number of carbonyl (C=O) groups excluding carboxylic acids is 2. The Morgan fingerprint density at radius 3 is 2.26 bits per heavy atom. The van der Waals surface area contributed by atoms with Gasteiger partial charge in [-0.05, 0) is 37.0 Å². The summed E-state index contributed by atoms with van der Waals surface area (Å²) in [6.07, 6.45) is 6.24. The first-order valence-electron chi connectivity index (χ1n) is 9.87. The van der Waals surface area contributed by atoms with E-state index < -0.39 is 0 Å². The molecule has 2 N–H and O–H groups in total. The van der Waals surface area contributed by atoms with Crippen molar-refractivity contribution >= 4 is 41.8 Å². The Kier molecular flexibility index (Phi) is 7.33. The monoisotopic (exact) mass is 488 g/mol. The number of allylic oxidation sites excluding steroid dienone is 2. The van der Waals surface area contributed by atoms with Crippen molar-refractivity contribution < 1.29 is 9.59 Å². The molecule has 0 aromatic heterocycles. The smallest absolute Gasteiger partial charge is 0.233 e. The Bertz CT molecular complexity index is 596. The highest BCUT2D eigenvalue weighted by Crippen LogP contribution is 2.52. The number of rotatable bonds is 6. The molecule has 2 aliphatic carbocycles. The fraction of sp³-hybridized carbons (Fsp3) is 0.750. The fourth-order valence-electron chi connectivity index (χ4n) is 4.32. The predicted molar refractivity (Wildman–Crippen MR) is 118 cm³/mol. The molecule has 152 valence electrons. The van der Waals surface area contributed by atoms with E-state index in [-0.39, 0.29) is 64.9 Å². The van der Waals surface area contributed by atoms with Crippen molar-refractivity contribution in [2.75, 3.05) is 26.2 Å². The van der Waals surface area contributed by atoms with Gasteiger partial charge in [0.2, 0.25) is 11.8 Å². The minimum absolute atomic E-state index is 0. The summed E-state index contributed by atoms with van der Waals surface area (Å²) in [7, 11) is 0. The number of imide groups is 1. The van der Waals surface area contributed by atoms with Gasteiger partial charge in [-0.3, -0.25) is 19.5 Å². The average Bonchev–Trinajstić information content (AvgIpc) is 3.23. The van der Waals surface area contributed by atoms with Crippen LogP contribution in [0.5, 0.6) is 0 Å². The second-order valence-corrected chi connectivity index (χ2v) is 8.83. The minimum atomic E-state index is -0.105. The number of nitrogens with one attached hydrogen (secondary N) is 2. The molecule has 27 heavy (non-hydrogen) atoms. The van der Waals surface area contributed by atoms with Crippen LogP contribution in [0.2, 0.25) is 0 Å². The summed E-state index contributed by atoms with van der Waals surface area (Å²) in [4.78, 5) is 31.4. The van der Waals surface area contributed by atoms with Gasteiger partial charge in [0, 0.05) is 26.2 Å². The van der Waals surface area contributed by atoms with Crippen LogP contribution in [-0.2, 0) is 9.59 Å². The molecule has 1 aliphatic heterocycles. The highest BCUT2D eigenvalue weighted by molar-refractivity contribution is 14.0. The van der Waals surface area contributed by atoms with Gasteiger partial charge in [0.05, 0.1) is 11.8 Å². The summed E-state index contributed by atoms with van der Waals surface area (Å²) in [5.74, 6) is 1.13. The largest absolute Gasteiger partial charge is 0.357 e. The van der Waals surface area contributed by atoms with Gasteiger partial charge in [0.1, 0.15) is 0 Å². The second-order valence-electron chi connectivity index (χ2n) is 8.83. The molecule has 1 saturated carbocycles. The molecule has 4 atom stereocenters. The van der Waals surface area contributed by atoms with Gasteiger partial charge in [-0.2, -0.15) is 0 Å². The molecular weight excluding hydrogens is 455 g/mol. The minimum Gasteiger partial charge on any atom is -0.357 e. The number of amides is 2. The van der Waals surface area contributed by atoms with Crippen molar-refractivity contribution in [2.24, 2.45) is 34.1 Å². The molecule has 0 spiro atoms. The van der Waals surface area contributed by atoms with Crippen LogP contribution in [-0.4, -0.2) is 48.9 Å². The summed E-state index contributed by atoms with van der Waals surface area (Å²) in [5.41, 5.74) is 0.250. The SMILES string of the molecule is CCNC(=NCCC(C)(C)C)NCCN1C(=O)C2C3C=CC(C3)C2C1=O.I. The van der Waals surface area contributed by atoms with Gasteiger partial charge in [0.15, 0.2) is 5.96 Å². The van der Waals surface area contributed by atoms with Crippen molar-refractivity contribution in [1.82, 2.24) is 15.5 Å². The number of nitrogens with zero attached hydrogens (tertiary/aromatic N) is 2. The van der Waals surface area contributed by atoms with Crippen molar-refractivity contribution in [2.45, 2.75) is 40.5 Å². The quantitative estimate of drug-likeness (QED) is 0.198. The van der Waals surface area contributed by atoms with Crippen LogP contribution in [0.15, 0.2) is 17.1 Å². The molecule has 2 amide bonds. The molecule has 1 saturated heterocycles. The Hall–Kier alpha value is -1.12. The maximum Gasteiger partial charge on any atom is 0.233 e. The Morgan fingerprint density at radius 2 is 1.74 bits per heavy atom. The number of fused-ring (bicyclic) bond motifs is 5. The van der Waals surface area contributed by atoms with Crippen molar-refractivity contribution in [3.63, 3.8) is 0 Å². The molecule has 3 aliphatic rings. The number of aliphatic imine (C=N–C) groups is 1. The molecule has 7 heteroatoms. The van der Waals surface area contributed by atoms with Gasteiger partial charge in [-0.1, -0.05) is 32.9 Å². The summed E-state index contributed by atoms with van der Waals surface area (Å²) >= 11 is 0. The van der Waals surface area contributed by atoms with Gasteiger partial charge in [-0.15, -0.1) is 24.0 Å². The Labute approximate surface area is 179 Å². The van der Waals surface area contributed by atoms with E-state index in [1.54, 1.807) is 0 Å². The number of likely N-dealkylation sites (tertiary alicyclic amines) is 1.